The average molecular weight is 540 g/mol. The number of aliphatic hydroxyl groups is 1. The highest BCUT2D eigenvalue weighted by Gasteiger charge is 2.35. The molecule has 2 aromatic carbocycles. The summed E-state index contributed by atoms with van der Waals surface area (Å²) >= 11 is 0. The van der Waals surface area contributed by atoms with Crippen molar-refractivity contribution in [3.63, 3.8) is 0 Å². The minimum atomic E-state index is -0.316. The monoisotopic (exact) mass is 539 g/mol. The Morgan fingerprint density at radius 1 is 1.18 bits per heavy atom. The highest BCUT2D eigenvalue weighted by molar-refractivity contribution is 5.70. The second-order valence-corrected chi connectivity index (χ2v) is 11.1. The van der Waals surface area contributed by atoms with E-state index in [9.17, 15) is 15.2 Å². The molecule has 2 heterocycles. The summed E-state index contributed by atoms with van der Waals surface area (Å²) in [6.07, 6.45) is 6.60. The predicted molar refractivity (Wildman–Crippen MR) is 154 cm³/mol. The molecule has 208 valence electrons. The third kappa shape index (κ3) is 5.45. The zero-order chi connectivity index (χ0) is 28.3. The van der Waals surface area contributed by atoms with Crippen molar-refractivity contribution in [2.45, 2.75) is 83.5 Å². The van der Waals surface area contributed by atoms with Gasteiger partial charge >= 0.3 is 0 Å². The summed E-state index contributed by atoms with van der Waals surface area (Å²) in [5, 5.41) is 23.5. The molecule has 8 nitrogen and oxygen atoms in total. The summed E-state index contributed by atoms with van der Waals surface area (Å²) < 4.78 is 9.85. The number of ether oxygens (including phenoxy) is 1. The summed E-state index contributed by atoms with van der Waals surface area (Å²) in [4.78, 5) is 18.7. The number of nitriles is 1. The Balaban J connectivity index is 1.49. The van der Waals surface area contributed by atoms with Crippen LogP contribution in [0.5, 0.6) is 0 Å². The lowest BCUT2D eigenvalue weighted by molar-refractivity contribution is -0.114. The summed E-state index contributed by atoms with van der Waals surface area (Å²) in [6, 6.07) is 18.0. The van der Waals surface area contributed by atoms with E-state index in [4.69, 9.17) is 4.74 Å². The Hall–Kier alpha value is -3.80. The molecular weight excluding hydrogens is 502 g/mol. The third-order valence-electron chi connectivity index (χ3n) is 8.13. The molecule has 0 bridgehead atoms. The predicted octanol–water partition coefficient (Wildman–Crippen LogP) is 5.24. The molecule has 1 aliphatic rings. The highest BCUT2D eigenvalue weighted by Crippen LogP contribution is 2.38. The van der Waals surface area contributed by atoms with Crippen LogP contribution in [0.2, 0.25) is 0 Å². The first-order valence-electron chi connectivity index (χ1n) is 14.2. The van der Waals surface area contributed by atoms with Crippen LogP contribution >= 0.6 is 0 Å². The van der Waals surface area contributed by atoms with Crippen LogP contribution in [0.25, 0.3) is 16.9 Å². The minimum absolute atomic E-state index is 0.000376. The van der Waals surface area contributed by atoms with Gasteiger partial charge in [-0.3, -0.25) is 9.36 Å². The van der Waals surface area contributed by atoms with Crippen molar-refractivity contribution in [1.29, 1.82) is 5.26 Å². The molecule has 8 heteroatoms. The molecule has 0 spiro atoms. The van der Waals surface area contributed by atoms with E-state index < -0.39 is 0 Å². The van der Waals surface area contributed by atoms with E-state index in [1.54, 1.807) is 0 Å². The normalized spacial score (nSPS) is 19.9. The number of aromatic nitrogens is 4. The molecule has 0 radical (unpaired) electrons. The highest BCUT2D eigenvalue weighted by atomic mass is 16.5. The Labute approximate surface area is 234 Å². The van der Waals surface area contributed by atoms with E-state index in [1.165, 1.54) is 6.33 Å². The van der Waals surface area contributed by atoms with Gasteiger partial charge in [0.2, 0.25) is 5.78 Å². The maximum Gasteiger partial charge on any atom is 0.259 e. The zero-order valence-electron chi connectivity index (χ0n) is 23.5. The maximum absolute atomic E-state index is 14.2. The molecule has 4 aromatic rings. The van der Waals surface area contributed by atoms with Crippen molar-refractivity contribution < 1.29 is 9.84 Å². The topological polar surface area (TPSA) is 105 Å². The van der Waals surface area contributed by atoms with Crippen LogP contribution in [0.4, 0.5) is 0 Å². The van der Waals surface area contributed by atoms with Gasteiger partial charge < -0.3 is 9.84 Å². The van der Waals surface area contributed by atoms with Crippen molar-refractivity contribution in [3.8, 4) is 17.2 Å². The number of hydrogen-bond acceptors (Lipinski definition) is 6. The van der Waals surface area contributed by atoms with Crippen molar-refractivity contribution in [2.24, 2.45) is 0 Å². The fourth-order valence-corrected chi connectivity index (χ4v) is 6.03. The van der Waals surface area contributed by atoms with E-state index in [-0.39, 0.29) is 29.9 Å². The summed E-state index contributed by atoms with van der Waals surface area (Å²) in [5.41, 5.74) is 4.89. The molecule has 0 saturated heterocycles. The van der Waals surface area contributed by atoms with Gasteiger partial charge in [0.15, 0.2) is 0 Å². The largest absolute Gasteiger partial charge is 0.394 e. The van der Waals surface area contributed by atoms with Gasteiger partial charge in [0.25, 0.3) is 5.56 Å². The van der Waals surface area contributed by atoms with Gasteiger partial charge in [-0.25, -0.2) is 4.52 Å². The van der Waals surface area contributed by atoms with Crippen LogP contribution in [-0.4, -0.2) is 42.6 Å². The Morgan fingerprint density at radius 3 is 2.58 bits per heavy atom. The van der Waals surface area contributed by atoms with Gasteiger partial charge in [-0.1, -0.05) is 55.8 Å². The lowest BCUT2D eigenvalue weighted by Crippen LogP contribution is -2.41. The summed E-state index contributed by atoms with van der Waals surface area (Å²) in [5.74, 6) is 0.596. The van der Waals surface area contributed by atoms with Crippen molar-refractivity contribution in [2.75, 3.05) is 6.61 Å². The third-order valence-corrected chi connectivity index (χ3v) is 8.13. The first-order valence-corrected chi connectivity index (χ1v) is 14.2. The van der Waals surface area contributed by atoms with E-state index in [1.807, 2.05) is 64.5 Å². The Bertz CT molecular complexity index is 1570. The number of rotatable bonds is 9. The molecule has 5 rings (SSSR count). The number of benzene rings is 2. The van der Waals surface area contributed by atoms with E-state index in [2.05, 4.69) is 30.0 Å². The SMILES string of the molecule is CCCc1c(Cc2ccc(-c3ccccc3C#N)cc2)c(=O)n(C2CCC(C)(OC(C)CO)CC2)c2ncnn12. The van der Waals surface area contributed by atoms with E-state index in [0.29, 0.717) is 17.8 Å². The molecule has 1 atom stereocenters. The summed E-state index contributed by atoms with van der Waals surface area (Å²) in [7, 11) is 0. The Kier molecular flexibility index (Phi) is 8.15. The fourth-order valence-electron chi connectivity index (χ4n) is 6.03. The number of aryl methyl sites for hydroxylation is 1. The molecular formula is C32H37N5O3. The molecule has 1 N–H and O–H groups in total. The van der Waals surface area contributed by atoms with Gasteiger partial charge in [-0.15, -0.1) is 0 Å². The number of hydrogen-bond donors (Lipinski definition) is 1. The van der Waals surface area contributed by atoms with Gasteiger partial charge in [0.05, 0.1) is 35.6 Å². The van der Waals surface area contributed by atoms with Crippen LogP contribution in [0.15, 0.2) is 59.7 Å². The fraction of sp³-hybridized carbons (Fsp3) is 0.438. The van der Waals surface area contributed by atoms with Crippen LogP contribution in [0, 0.1) is 11.3 Å². The quantitative estimate of drug-likeness (QED) is 0.312. The maximum atomic E-state index is 14.2. The standard InChI is InChI=1S/C32H37N5O3/c1-4-7-29-28(18-23-10-12-24(13-11-23)27-9-6-5-8-25(27)19-33)30(39)36(31-34-21-35-37(29)31)26-14-16-32(3,17-15-26)40-22(2)20-38/h5-6,8-13,21-22,26,38H,4,7,14-18,20H2,1-3H3. The molecule has 0 aliphatic heterocycles. The van der Waals surface area contributed by atoms with Crippen LogP contribution < -0.4 is 5.56 Å². The van der Waals surface area contributed by atoms with E-state index >= 15 is 0 Å². The molecule has 1 saturated carbocycles. The van der Waals surface area contributed by atoms with E-state index in [0.717, 1.165) is 66.5 Å². The van der Waals surface area contributed by atoms with Gasteiger partial charge in [-0.05, 0) is 68.7 Å². The number of fused-ring (bicyclic) bond motifs is 1. The lowest BCUT2D eigenvalue weighted by Gasteiger charge is -2.39. The van der Waals surface area contributed by atoms with Gasteiger partial charge in [0, 0.05) is 18.0 Å². The molecule has 0 amide bonds. The molecule has 1 aliphatic carbocycles. The molecule has 1 unspecified atom stereocenters. The van der Waals surface area contributed by atoms with Crippen molar-refractivity contribution in [3.05, 3.63) is 87.6 Å². The minimum Gasteiger partial charge on any atom is -0.394 e. The second kappa shape index (κ2) is 11.7. The summed E-state index contributed by atoms with van der Waals surface area (Å²) in [6.45, 7) is 6.08. The van der Waals surface area contributed by atoms with Crippen molar-refractivity contribution in [1.82, 2.24) is 19.2 Å². The lowest BCUT2D eigenvalue weighted by atomic mass is 9.83. The zero-order valence-corrected chi connectivity index (χ0v) is 23.5. The first kappa shape index (κ1) is 27.8. The van der Waals surface area contributed by atoms with Crippen LogP contribution in [0.1, 0.15) is 81.3 Å². The van der Waals surface area contributed by atoms with Gasteiger partial charge in [-0.2, -0.15) is 15.3 Å². The Morgan fingerprint density at radius 2 is 1.90 bits per heavy atom. The second-order valence-electron chi connectivity index (χ2n) is 11.1. The van der Waals surface area contributed by atoms with Gasteiger partial charge in [0.1, 0.15) is 6.33 Å². The smallest absolute Gasteiger partial charge is 0.259 e. The molecule has 1 fully saturated rings. The number of aliphatic hydroxyl groups excluding tert-OH is 1. The average Bonchev–Trinajstić information content (AvgIpc) is 3.45. The molecule has 2 aromatic heterocycles. The molecule has 40 heavy (non-hydrogen) atoms. The first-order chi connectivity index (χ1) is 19.4. The number of nitrogens with zero attached hydrogens (tertiary/aromatic N) is 5. The van der Waals surface area contributed by atoms with Crippen LogP contribution in [-0.2, 0) is 17.6 Å². The van der Waals surface area contributed by atoms with Crippen molar-refractivity contribution >= 4 is 5.78 Å². The van der Waals surface area contributed by atoms with Crippen LogP contribution in [0.3, 0.4) is 0 Å².